The van der Waals surface area contributed by atoms with E-state index in [2.05, 4.69) is 76.8 Å². The van der Waals surface area contributed by atoms with Crippen molar-refractivity contribution in [2.24, 2.45) is 4.99 Å². The highest BCUT2D eigenvalue weighted by Crippen LogP contribution is 2.31. The molecule has 1 saturated heterocycles. The summed E-state index contributed by atoms with van der Waals surface area (Å²) in [6, 6.07) is 7.13. The van der Waals surface area contributed by atoms with Crippen LogP contribution in [0.2, 0.25) is 0 Å². The van der Waals surface area contributed by atoms with E-state index in [0.29, 0.717) is 6.04 Å². The van der Waals surface area contributed by atoms with Gasteiger partial charge in [-0.15, -0.1) is 0 Å². The molecule has 0 N–H and O–H groups in total. The minimum absolute atomic E-state index is 0.392. The minimum atomic E-state index is 0.392. The van der Waals surface area contributed by atoms with Gasteiger partial charge in [0, 0.05) is 44.8 Å². The highest BCUT2D eigenvalue weighted by atomic mass is 16.5. The molecule has 0 saturated carbocycles. The Morgan fingerprint density at radius 2 is 2.07 bits per heavy atom. The quantitative estimate of drug-likeness (QED) is 0.722. The summed E-state index contributed by atoms with van der Waals surface area (Å²) in [5.74, 6) is 2.10. The molecule has 5 heteroatoms. The van der Waals surface area contributed by atoms with Crippen LogP contribution in [0.5, 0.6) is 5.75 Å². The maximum atomic E-state index is 5.76. The van der Waals surface area contributed by atoms with E-state index in [-0.39, 0.29) is 0 Å². The Kier molecular flexibility index (Phi) is 6.05. The number of nitrogens with zero attached hydrogens (tertiary/aromatic N) is 4. The lowest BCUT2D eigenvalue weighted by Gasteiger charge is -2.40. The first-order valence-corrected chi connectivity index (χ1v) is 10.8. The monoisotopic (exact) mass is 392 g/mol. The van der Waals surface area contributed by atoms with Crippen molar-refractivity contribution in [3.05, 3.63) is 65.9 Å². The molecule has 1 unspecified atom stereocenters. The Labute approximate surface area is 174 Å². The largest absolute Gasteiger partial charge is 0.493 e. The summed E-state index contributed by atoms with van der Waals surface area (Å²) < 4.78 is 5.76. The van der Waals surface area contributed by atoms with Gasteiger partial charge in [0.05, 0.1) is 24.7 Å². The van der Waals surface area contributed by atoms with Crippen LogP contribution in [-0.4, -0.2) is 53.7 Å². The fraction of sp³-hybridized carbons (Fsp3) is 0.458. The predicted octanol–water partition coefficient (Wildman–Crippen LogP) is 4.31. The summed E-state index contributed by atoms with van der Waals surface area (Å²) in [7, 11) is 0. The number of ether oxygens (including phenoxy) is 1. The Balaban J connectivity index is 1.37. The SMILES string of the molecule is C=C1C=NC(N2CCN(C(C)c3ccc4c(c3)OCC4)CC2)=CN1/C=C\CCC. The summed E-state index contributed by atoms with van der Waals surface area (Å²) in [6.45, 7) is 13.4. The molecule has 0 aliphatic carbocycles. The second kappa shape index (κ2) is 8.87. The number of fused-ring (bicyclic) bond motifs is 1. The van der Waals surface area contributed by atoms with Gasteiger partial charge in [-0.05, 0) is 30.5 Å². The molecule has 0 amide bonds. The number of unbranched alkanes of at least 4 members (excludes halogenated alkanes) is 1. The first-order valence-electron chi connectivity index (χ1n) is 10.8. The molecule has 29 heavy (non-hydrogen) atoms. The molecule has 154 valence electrons. The van der Waals surface area contributed by atoms with E-state index in [4.69, 9.17) is 4.74 Å². The van der Waals surface area contributed by atoms with Crippen molar-refractivity contribution in [1.29, 1.82) is 0 Å². The van der Waals surface area contributed by atoms with Crippen LogP contribution < -0.4 is 4.74 Å². The number of hydrogen-bond donors (Lipinski definition) is 0. The molecule has 0 spiro atoms. The van der Waals surface area contributed by atoms with Gasteiger partial charge in [-0.1, -0.05) is 38.1 Å². The van der Waals surface area contributed by atoms with Gasteiger partial charge in [0.25, 0.3) is 0 Å². The fourth-order valence-electron chi connectivity index (χ4n) is 4.10. The molecule has 1 aromatic rings. The van der Waals surface area contributed by atoms with Crippen molar-refractivity contribution >= 4 is 6.21 Å². The standard InChI is InChI=1S/C24H32N4O/c1-4-5-6-10-28-18-24(25-17-19(28)2)27-13-11-26(12-14-27)20(3)22-8-7-21-9-15-29-23(21)16-22/h6-8,10,16-18,20H,2,4-5,9,11-15H2,1,3H3/b10-6-. The van der Waals surface area contributed by atoms with Gasteiger partial charge in [0.2, 0.25) is 0 Å². The van der Waals surface area contributed by atoms with Crippen molar-refractivity contribution in [3.63, 3.8) is 0 Å². The van der Waals surface area contributed by atoms with E-state index in [9.17, 15) is 0 Å². The topological polar surface area (TPSA) is 31.3 Å². The molecule has 1 aromatic carbocycles. The van der Waals surface area contributed by atoms with Crippen LogP contribution in [0.3, 0.4) is 0 Å². The highest BCUT2D eigenvalue weighted by Gasteiger charge is 2.25. The van der Waals surface area contributed by atoms with Crippen molar-refractivity contribution in [2.45, 2.75) is 39.2 Å². The molecule has 0 radical (unpaired) electrons. The Hall–Kier alpha value is -2.53. The number of aliphatic imine (C=N–C) groups is 1. The van der Waals surface area contributed by atoms with E-state index < -0.39 is 0 Å². The summed E-state index contributed by atoms with van der Waals surface area (Å²) in [6.07, 6.45) is 11.5. The van der Waals surface area contributed by atoms with Gasteiger partial charge in [0.1, 0.15) is 11.6 Å². The number of rotatable bonds is 6. The number of piperazine rings is 1. The van der Waals surface area contributed by atoms with Crippen molar-refractivity contribution in [2.75, 3.05) is 32.8 Å². The molecule has 0 bridgehead atoms. The lowest BCUT2D eigenvalue weighted by Crippen LogP contribution is -2.46. The van der Waals surface area contributed by atoms with Crippen LogP contribution in [-0.2, 0) is 6.42 Å². The van der Waals surface area contributed by atoms with E-state index in [0.717, 1.165) is 69.3 Å². The van der Waals surface area contributed by atoms with Gasteiger partial charge >= 0.3 is 0 Å². The third kappa shape index (κ3) is 4.40. The zero-order valence-corrected chi connectivity index (χ0v) is 17.7. The van der Waals surface area contributed by atoms with Crippen LogP contribution in [0.1, 0.15) is 43.9 Å². The van der Waals surface area contributed by atoms with Crippen LogP contribution in [0.4, 0.5) is 0 Å². The van der Waals surface area contributed by atoms with Gasteiger partial charge in [0.15, 0.2) is 0 Å². The number of hydrogen-bond acceptors (Lipinski definition) is 5. The van der Waals surface area contributed by atoms with Crippen molar-refractivity contribution in [3.8, 4) is 5.75 Å². The summed E-state index contributed by atoms with van der Waals surface area (Å²) >= 11 is 0. The Morgan fingerprint density at radius 3 is 2.86 bits per heavy atom. The molecule has 1 atom stereocenters. The van der Waals surface area contributed by atoms with Crippen LogP contribution in [0.25, 0.3) is 0 Å². The van der Waals surface area contributed by atoms with Crippen molar-refractivity contribution in [1.82, 2.24) is 14.7 Å². The van der Waals surface area contributed by atoms with Crippen LogP contribution in [0, 0.1) is 0 Å². The maximum Gasteiger partial charge on any atom is 0.145 e. The first kappa shape index (κ1) is 19.8. The fourth-order valence-corrected chi connectivity index (χ4v) is 4.10. The summed E-state index contributed by atoms with van der Waals surface area (Å²) in [5, 5.41) is 0. The third-order valence-electron chi connectivity index (χ3n) is 6.04. The van der Waals surface area contributed by atoms with Gasteiger partial charge in [-0.25, -0.2) is 4.99 Å². The van der Waals surface area contributed by atoms with Crippen LogP contribution >= 0.6 is 0 Å². The summed E-state index contributed by atoms with van der Waals surface area (Å²) in [4.78, 5) is 11.6. The van der Waals surface area contributed by atoms with E-state index in [1.54, 1.807) is 0 Å². The molecule has 3 aliphatic heterocycles. The lowest BCUT2D eigenvalue weighted by molar-refractivity contribution is 0.121. The highest BCUT2D eigenvalue weighted by molar-refractivity contribution is 5.79. The van der Waals surface area contributed by atoms with E-state index >= 15 is 0 Å². The molecular weight excluding hydrogens is 360 g/mol. The van der Waals surface area contributed by atoms with E-state index in [1.165, 1.54) is 11.1 Å². The second-order valence-corrected chi connectivity index (χ2v) is 7.98. The Bertz CT molecular complexity index is 833. The molecule has 5 nitrogen and oxygen atoms in total. The maximum absolute atomic E-state index is 5.76. The number of benzene rings is 1. The molecule has 1 fully saturated rings. The first-order chi connectivity index (χ1) is 14.2. The molecule has 3 aliphatic rings. The Morgan fingerprint density at radius 1 is 1.24 bits per heavy atom. The normalized spacial score (nSPS) is 20.8. The molecule has 4 rings (SSSR count). The summed E-state index contributed by atoms with van der Waals surface area (Å²) in [5.41, 5.74) is 3.59. The van der Waals surface area contributed by atoms with E-state index in [1.807, 2.05) is 6.21 Å². The van der Waals surface area contributed by atoms with Gasteiger partial charge in [-0.3, -0.25) is 4.90 Å². The molecule has 3 heterocycles. The van der Waals surface area contributed by atoms with Crippen LogP contribution in [0.15, 0.2) is 59.8 Å². The van der Waals surface area contributed by atoms with Crippen molar-refractivity contribution < 1.29 is 4.74 Å². The lowest BCUT2D eigenvalue weighted by atomic mass is 10.0. The second-order valence-electron chi connectivity index (χ2n) is 7.98. The third-order valence-corrected chi connectivity index (χ3v) is 6.04. The predicted molar refractivity (Wildman–Crippen MR) is 119 cm³/mol. The zero-order chi connectivity index (χ0) is 20.2. The molecule has 0 aromatic heterocycles. The zero-order valence-electron chi connectivity index (χ0n) is 17.7. The number of allylic oxidation sites excluding steroid dienone is 2. The minimum Gasteiger partial charge on any atom is -0.493 e. The van der Waals surface area contributed by atoms with Gasteiger partial charge < -0.3 is 14.5 Å². The average Bonchev–Trinajstić information content (AvgIpc) is 3.23. The average molecular weight is 393 g/mol. The van der Waals surface area contributed by atoms with Gasteiger partial charge in [-0.2, -0.15) is 0 Å². The molecular formula is C24H32N4O. The smallest absolute Gasteiger partial charge is 0.145 e.